The van der Waals surface area contributed by atoms with Crippen molar-refractivity contribution in [2.45, 2.75) is 12.6 Å². The Balaban J connectivity index is 1.14. The van der Waals surface area contributed by atoms with Crippen LogP contribution in [0.25, 0.3) is 11.5 Å². The first-order chi connectivity index (χ1) is 15.7. The van der Waals surface area contributed by atoms with E-state index >= 15 is 0 Å². The van der Waals surface area contributed by atoms with E-state index in [2.05, 4.69) is 15.1 Å². The van der Waals surface area contributed by atoms with Crippen molar-refractivity contribution < 1.29 is 18.7 Å². The molecule has 9 heteroatoms. The van der Waals surface area contributed by atoms with Crippen molar-refractivity contribution >= 4 is 17.5 Å². The maximum Gasteiger partial charge on any atom is 0.311 e. The Kier molecular flexibility index (Phi) is 6.07. The quantitative estimate of drug-likeness (QED) is 0.566. The molecule has 2 aliphatic rings. The van der Waals surface area contributed by atoms with Gasteiger partial charge in [-0.25, -0.2) is 0 Å². The average Bonchev–Trinajstić information content (AvgIpc) is 3.29. The summed E-state index contributed by atoms with van der Waals surface area (Å²) >= 11 is 6.45. The lowest BCUT2D eigenvalue weighted by atomic mass is 10.1. The fourth-order valence-corrected chi connectivity index (χ4v) is 4.00. The van der Waals surface area contributed by atoms with Crippen LogP contribution in [0.15, 0.2) is 52.9 Å². The number of carbonyl (C=O) groups excluding carboxylic acids is 1. The zero-order chi connectivity index (χ0) is 21.9. The molecule has 2 fully saturated rings. The second kappa shape index (κ2) is 9.28. The molecule has 8 nitrogen and oxygen atoms in total. The number of carbonyl (C=O) groups is 1. The second-order valence-corrected chi connectivity index (χ2v) is 8.29. The lowest BCUT2D eigenvalue weighted by Gasteiger charge is -2.38. The largest absolute Gasteiger partial charge is 0.485 e. The molecule has 2 aliphatic heterocycles. The summed E-state index contributed by atoms with van der Waals surface area (Å²) in [6.07, 6.45) is -0.127. The molecule has 2 saturated heterocycles. The summed E-state index contributed by atoms with van der Waals surface area (Å²) in [5, 5.41) is 8.44. The van der Waals surface area contributed by atoms with Gasteiger partial charge in [0, 0.05) is 25.2 Å². The van der Waals surface area contributed by atoms with Gasteiger partial charge in [0.2, 0.25) is 5.89 Å². The number of amides is 1. The summed E-state index contributed by atoms with van der Waals surface area (Å²) < 4.78 is 16.9. The fourth-order valence-electron chi connectivity index (χ4n) is 3.76. The highest BCUT2D eigenvalue weighted by Gasteiger charge is 2.35. The first-order valence-corrected chi connectivity index (χ1v) is 11.0. The minimum Gasteiger partial charge on any atom is -0.485 e. The van der Waals surface area contributed by atoms with Crippen molar-refractivity contribution in [3.8, 4) is 17.2 Å². The average molecular weight is 455 g/mol. The van der Waals surface area contributed by atoms with Crippen molar-refractivity contribution in [1.29, 1.82) is 0 Å². The molecule has 0 atom stereocenters. The summed E-state index contributed by atoms with van der Waals surface area (Å²) in [4.78, 5) is 16.6. The van der Waals surface area contributed by atoms with Crippen LogP contribution in [0.2, 0.25) is 5.02 Å². The molecule has 5 rings (SSSR count). The third-order valence-electron chi connectivity index (χ3n) is 5.56. The van der Waals surface area contributed by atoms with E-state index in [-0.39, 0.29) is 17.9 Å². The maximum atomic E-state index is 12.6. The monoisotopic (exact) mass is 454 g/mol. The van der Waals surface area contributed by atoms with Crippen LogP contribution in [0.1, 0.15) is 16.2 Å². The number of hydrogen-bond donors (Lipinski definition) is 0. The number of nitrogens with zero attached hydrogens (tertiary/aromatic N) is 4. The molecule has 1 aromatic heterocycles. The Bertz CT molecular complexity index is 1080. The molecule has 3 heterocycles. The summed E-state index contributed by atoms with van der Waals surface area (Å²) in [6.45, 7) is 5.10. The summed E-state index contributed by atoms with van der Waals surface area (Å²) in [6, 6.07) is 15.2. The van der Waals surface area contributed by atoms with E-state index in [4.69, 9.17) is 25.5 Å². The number of halogens is 1. The van der Waals surface area contributed by atoms with Crippen LogP contribution in [-0.2, 0) is 11.3 Å². The van der Waals surface area contributed by atoms with Crippen LogP contribution >= 0.6 is 11.6 Å². The number of benzene rings is 2. The van der Waals surface area contributed by atoms with Gasteiger partial charge in [-0.1, -0.05) is 35.9 Å². The summed E-state index contributed by atoms with van der Waals surface area (Å²) in [5.41, 5.74) is 1.91. The molecule has 0 bridgehead atoms. The number of rotatable bonds is 6. The van der Waals surface area contributed by atoms with Crippen molar-refractivity contribution in [2.75, 3.05) is 39.4 Å². The minimum atomic E-state index is -0.300. The first kappa shape index (κ1) is 20.9. The molecule has 1 amide bonds. The third kappa shape index (κ3) is 4.62. The predicted octanol–water partition coefficient (Wildman–Crippen LogP) is 3.13. The molecule has 166 valence electrons. The normalized spacial score (nSPS) is 17.2. The van der Waals surface area contributed by atoms with Gasteiger partial charge in [0.1, 0.15) is 11.9 Å². The smallest absolute Gasteiger partial charge is 0.311 e. The number of morpholine rings is 1. The van der Waals surface area contributed by atoms with Gasteiger partial charge in [0.15, 0.2) is 0 Å². The second-order valence-electron chi connectivity index (χ2n) is 7.88. The SMILES string of the molecule is O=C(c1nnc(-c2ccccc2)o1)N1CC(Oc2ccc(CN3CCOCC3)cc2Cl)C1. The number of likely N-dealkylation sites (tertiary alicyclic amines) is 1. The van der Waals surface area contributed by atoms with Crippen molar-refractivity contribution in [1.82, 2.24) is 20.0 Å². The molecule has 3 aromatic rings. The third-order valence-corrected chi connectivity index (χ3v) is 5.86. The van der Waals surface area contributed by atoms with Gasteiger partial charge in [0.05, 0.1) is 31.3 Å². The molecule has 0 spiro atoms. The molecular weight excluding hydrogens is 432 g/mol. The molecule has 0 N–H and O–H groups in total. The van der Waals surface area contributed by atoms with Crippen LogP contribution in [0.5, 0.6) is 5.75 Å². The van der Waals surface area contributed by atoms with Crippen LogP contribution in [0.4, 0.5) is 0 Å². The van der Waals surface area contributed by atoms with Gasteiger partial charge >= 0.3 is 11.8 Å². The van der Waals surface area contributed by atoms with Gasteiger partial charge in [-0.05, 0) is 29.8 Å². The Hall–Kier alpha value is -2.94. The topological polar surface area (TPSA) is 80.9 Å². The van der Waals surface area contributed by atoms with Crippen LogP contribution in [0.3, 0.4) is 0 Å². The Morgan fingerprint density at radius 3 is 2.62 bits per heavy atom. The Morgan fingerprint density at radius 2 is 1.88 bits per heavy atom. The van der Waals surface area contributed by atoms with Crippen LogP contribution in [0, 0.1) is 0 Å². The number of aromatic nitrogens is 2. The Labute approximate surface area is 190 Å². The number of ether oxygens (including phenoxy) is 2. The summed E-state index contributed by atoms with van der Waals surface area (Å²) in [5.74, 6) is 0.629. The molecule has 0 aliphatic carbocycles. The zero-order valence-corrected chi connectivity index (χ0v) is 18.2. The highest BCUT2D eigenvalue weighted by molar-refractivity contribution is 6.32. The van der Waals surface area contributed by atoms with E-state index in [0.29, 0.717) is 29.8 Å². The lowest BCUT2D eigenvalue weighted by Crippen LogP contribution is -2.56. The van der Waals surface area contributed by atoms with E-state index < -0.39 is 0 Å². The maximum absolute atomic E-state index is 12.6. The van der Waals surface area contributed by atoms with Crippen molar-refractivity contribution in [2.24, 2.45) is 0 Å². The molecule has 0 unspecified atom stereocenters. The van der Waals surface area contributed by atoms with E-state index in [0.717, 1.165) is 44.0 Å². The van der Waals surface area contributed by atoms with Crippen LogP contribution < -0.4 is 4.74 Å². The molecule has 32 heavy (non-hydrogen) atoms. The van der Waals surface area contributed by atoms with Gasteiger partial charge in [0.25, 0.3) is 0 Å². The van der Waals surface area contributed by atoms with E-state index in [1.54, 1.807) is 4.90 Å². The molecular formula is C23H23ClN4O4. The zero-order valence-electron chi connectivity index (χ0n) is 17.4. The highest BCUT2D eigenvalue weighted by Crippen LogP contribution is 2.29. The molecule has 0 radical (unpaired) electrons. The lowest BCUT2D eigenvalue weighted by molar-refractivity contribution is 0.0150. The van der Waals surface area contributed by atoms with E-state index in [9.17, 15) is 4.79 Å². The first-order valence-electron chi connectivity index (χ1n) is 10.6. The fraction of sp³-hybridized carbons (Fsp3) is 0.348. The van der Waals surface area contributed by atoms with Gasteiger partial charge in [-0.2, -0.15) is 0 Å². The van der Waals surface area contributed by atoms with Crippen LogP contribution in [-0.4, -0.2) is 71.4 Å². The number of hydrogen-bond acceptors (Lipinski definition) is 7. The standard InChI is InChI=1S/C23H23ClN4O4/c24-19-12-16(13-27-8-10-30-11-9-27)6-7-20(19)31-18-14-28(15-18)23(29)22-26-25-21(32-22)17-4-2-1-3-5-17/h1-7,12,18H,8-11,13-15H2. The summed E-state index contributed by atoms with van der Waals surface area (Å²) in [7, 11) is 0. The van der Waals surface area contributed by atoms with Crippen molar-refractivity contribution in [3.05, 3.63) is 65.0 Å². The highest BCUT2D eigenvalue weighted by atomic mass is 35.5. The predicted molar refractivity (Wildman–Crippen MR) is 118 cm³/mol. The Morgan fingerprint density at radius 1 is 1.09 bits per heavy atom. The van der Waals surface area contributed by atoms with Gasteiger partial charge in [-0.15, -0.1) is 10.2 Å². The van der Waals surface area contributed by atoms with Crippen molar-refractivity contribution in [3.63, 3.8) is 0 Å². The molecule has 2 aromatic carbocycles. The van der Waals surface area contributed by atoms with E-state index in [1.807, 2.05) is 48.5 Å². The molecule has 0 saturated carbocycles. The minimum absolute atomic E-state index is 0.0206. The van der Waals surface area contributed by atoms with Gasteiger partial charge in [-0.3, -0.25) is 9.69 Å². The van der Waals surface area contributed by atoms with Gasteiger partial charge < -0.3 is 18.8 Å². The van der Waals surface area contributed by atoms with E-state index in [1.165, 1.54) is 0 Å².